The molecule has 0 bridgehead atoms. The van der Waals surface area contributed by atoms with Crippen LogP contribution in [0.3, 0.4) is 0 Å². The Labute approximate surface area is 128 Å². The van der Waals surface area contributed by atoms with Crippen LogP contribution in [0.25, 0.3) is 0 Å². The second-order valence-electron chi connectivity index (χ2n) is 5.65. The van der Waals surface area contributed by atoms with Crippen molar-refractivity contribution in [2.24, 2.45) is 0 Å². The first kappa shape index (κ1) is 16.8. The van der Waals surface area contributed by atoms with Gasteiger partial charge < -0.3 is 0 Å². The standard InChI is InChI=1S/C18H29Br/c1-3-5-6-7-8-12-15-18(4-2,16-19)17-13-10-9-11-14-17/h9-11,13-14H,3-8,12,15-16H2,1-2H3. The summed E-state index contributed by atoms with van der Waals surface area (Å²) >= 11 is 3.76. The maximum atomic E-state index is 3.76. The molecule has 0 spiro atoms. The minimum Gasteiger partial charge on any atom is -0.0918 e. The summed E-state index contributed by atoms with van der Waals surface area (Å²) in [6, 6.07) is 11.0. The first-order valence-corrected chi connectivity index (χ1v) is 9.02. The molecule has 1 unspecified atom stereocenters. The van der Waals surface area contributed by atoms with Crippen LogP contribution in [0.15, 0.2) is 30.3 Å². The van der Waals surface area contributed by atoms with E-state index in [4.69, 9.17) is 0 Å². The third kappa shape index (κ3) is 5.30. The Morgan fingerprint density at radius 1 is 0.895 bits per heavy atom. The number of alkyl halides is 1. The van der Waals surface area contributed by atoms with Gasteiger partial charge in [0.15, 0.2) is 0 Å². The van der Waals surface area contributed by atoms with E-state index in [-0.39, 0.29) is 0 Å². The number of hydrogen-bond donors (Lipinski definition) is 0. The van der Waals surface area contributed by atoms with Crippen LogP contribution in [0.4, 0.5) is 0 Å². The highest BCUT2D eigenvalue weighted by molar-refractivity contribution is 9.09. The molecule has 108 valence electrons. The van der Waals surface area contributed by atoms with Gasteiger partial charge in [0.25, 0.3) is 0 Å². The largest absolute Gasteiger partial charge is 0.0918 e. The van der Waals surface area contributed by atoms with Crippen molar-refractivity contribution in [3.05, 3.63) is 35.9 Å². The molecular weight excluding hydrogens is 296 g/mol. The van der Waals surface area contributed by atoms with Gasteiger partial charge in [0, 0.05) is 10.7 Å². The molecule has 0 nitrogen and oxygen atoms in total. The Bertz CT molecular complexity index is 314. The molecule has 0 amide bonds. The predicted octanol–water partition coefficient (Wildman–Crippen LogP) is 6.48. The molecule has 0 fully saturated rings. The van der Waals surface area contributed by atoms with Gasteiger partial charge in [-0.15, -0.1) is 0 Å². The van der Waals surface area contributed by atoms with Gasteiger partial charge >= 0.3 is 0 Å². The maximum Gasteiger partial charge on any atom is 0.0128 e. The van der Waals surface area contributed by atoms with E-state index in [2.05, 4.69) is 60.1 Å². The summed E-state index contributed by atoms with van der Waals surface area (Å²) in [7, 11) is 0. The second-order valence-corrected chi connectivity index (χ2v) is 6.21. The lowest BCUT2D eigenvalue weighted by Gasteiger charge is -2.31. The molecule has 1 aromatic carbocycles. The first-order valence-electron chi connectivity index (χ1n) is 7.90. The van der Waals surface area contributed by atoms with E-state index < -0.39 is 0 Å². The molecule has 1 aromatic rings. The molecule has 1 atom stereocenters. The van der Waals surface area contributed by atoms with Gasteiger partial charge in [-0.3, -0.25) is 0 Å². The minimum atomic E-state index is 0.339. The van der Waals surface area contributed by atoms with Crippen molar-refractivity contribution >= 4 is 15.9 Å². The van der Waals surface area contributed by atoms with Crippen LogP contribution >= 0.6 is 15.9 Å². The van der Waals surface area contributed by atoms with Crippen LogP contribution in [0.2, 0.25) is 0 Å². The lowest BCUT2D eigenvalue weighted by molar-refractivity contribution is 0.404. The number of hydrogen-bond acceptors (Lipinski definition) is 0. The quantitative estimate of drug-likeness (QED) is 0.341. The molecule has 0 aromatic heterocycles. The molecule has 0 saturated carbocycles. The van der Waals surface area contributed by atoms with E-state index in [9.17, 15) is 0 Å². The molecule has 1 rings (SSSR count). The molecule has 0 aliphatic heterocycles. The van der Waals surface area contributed by atoms with E-state index in [1.807, 2.05) is 0 Å². The van der Waals surface area contributed by atoms with E-state index in [0.717, 1.165) is 5.33 Å². The van der Waals surface area contributed by atoms with Crippen LogP contribution < -0.4 is 0 Å². The fraction of sp³-hybridized carbons (Fsp3) is 0.667. The molecule has 19 heavy (non-hydrogen) atoms. The zero-order valence-electron chi connectivity index (χ0n) is 12.6. The zero-order chi connectivity index (χ0) is 14.0. The molecule has 0 aliphatic rings. The van der Waals surface area contributed by atoms with E-state index in [1.165, 1.54) is 56.9 Å². The third-order valence-corrected chi connectivity index (χ3v) is 5.40. The van der Waals surface area contributed by atoms with Gasteiger partial charge in [-0.05, 0) is 18.4 Å². The Morgan fingerprint density at radius 2 is 1.53 bits per heavy atom. The van der Waals surface area contributed by atoms with Gasteiger partial charge in [0.2, 0.25) is 0 Å². The highest BCUT2D eigenvalue weighted by atomic mass is 79.9. The fourth-order valence-corrected chi connectivity index (χ4v) is 3.80. The molecule has 0 radical (unpaired) electrons. The van der Waals surface area contributed by atoms with Crippen LogP contribution in [0.5, 0.6) is 0 Å². The zero-order valence-corrected chi connectivity index (χ0v) is 14.2. The van der Waals surface area contributed by atoms with Crippen LogP contribution in [0, 0.1) is 0 Å². The summed E-state index contributed by atoms with van der Waals surface area (Å²) in [5.41, 5.74) is 1.84. The summed E-state index contributed by atoms with van der Waals surface area (Å²) in [4.78, 5) is 0. The first-order chi connectivity index (χ1) is 9.29. The number of unbranched alkanes of at least 4 members (excludes halogenated alkanes) is 5. The van der Waals surface area contributed by atoms with E-state index in [1.54, 1.807) is 0 Å². The van der Waals surface area contributed by atoms with Gasteiger partial charge in [-0.25, -0.2) is 0 Å². The summed E-state index contributed by atoms with van der Waals surface area (Å²) < 4.78 is 0. The predicted molar refractivity (Wildman–Crippen MR) is 90.2 cm³/mol. The highest BCUT2D eigenvalue weighted by Crippen LogP contribution is 2.35. The molecule has 0 heterocycles. The lowest BCUT2D eigenvalue weighted by Crippen LogP contribution is -2.27. The van der Waals surface area contributed by atoms with Crippen molar-refractivity contribution in [2.75, 3.05) is 5.33 Å². The van der Waals surface area contributed by atoms with Crippen LogP contribution in [-0.4, -0.2) is 5.33 Å². The molecular formula is C18H29Br. The van der Waals surface area contributed by atoms with Crippen molar-refractivity contribution < 1.29 is 0 Å². The summed E-state index contributed by atoms with van der Waals surface area (Å²) in [5, 5.41) is 1.08. The van der Waals surface area contributed by atoms with Gasteiger partial charge in [0.05, 0.1) is 0 Å². The number of rotatable bonds is 10. The van der Waals surface area contributed by atoms with E-state index >= 15 is 0 Å². The molecule has 0 saturated heterocycles. The maximum absolute atomic E-state index is 3.76. The fourth-order valence-electron chi connectivity index (χ4n) is 2.80. The van der Waals surface area contributed by atoms with E-state index in [0.29, 0.717) is 5.41 Å². The highest BCUT2D eigenvalue weighted by Gasteiger charge is 2.28. The van der Waals surface area contributed by atoms with Crippen molar-refractivity contribution in [3.8, 4) is 0 Å². The van der Waals surface area contributed by atoms with Crippen molar-refractivity contribution in [1.82, 2.24) is 0 Å². The number of halogens is 1. The SMILES string of the molecule is CCCCCCCCC(CC)(CBr)c1ccccc1. The summed E-state index contributed by atoms with van der Waals surface area (Å²) in [6.07, 6.45) is 10.8. The van der Waals surface area contributed by atoms with Gasteiger partial charge in [-0.1, -0.05) is 98.6 Å². The van der Waals surface area contributed by atoms with Crippen molar-refractivity contribution in [1.29, 1.82) is 0 Å². The Balaban J connectivity index is 2.48. The number of benzene rings is 1. The molecule has 1 heteroatoms. The van der Waals surface area contributed by atoms with Gasteiger partial charge in [0.1, 0.15) is 0 Å². The molecule has 0 N–H and O–H groups in total. The Morgan fingerprint density at radius 3 is 2.11 bits per heavy atom. The monoisotopic (exact) mass is 324 g/mol. The average Bonchev–Trinajstić information content (AvgIpc) is 2.48. The topological polar surface area (TPSA) is 0 Å². The smallest absolute Gasteiger partial charge is 0.0128 e. The summed E-state index contributed by atoms with van der Waals surface area (Å²) in [5.74, 6) is 0. The second kappa shape index (κ2) is 9.58. The van der Waals surface area contributed by atoms with Crippen LogP contribution in [-0.2, 0) is 5.41 Å². The van der Waals surface area contributed by atoms with Crippen molar-refractivity contribution in [3.63, 3.8) is 0 Å². The third-order valence-electron chi connectivity index (χ3n) is 4.33. The average molecular weight is 325 g/mol. The molecule has 0 aliphatic carbocycles. The van der Waals surface area contributed by atoms with Crippen LogP contribution in [0.1, 0.15) is 70.8 Å². The summed E-state index contributed by atoms with van der Waals surface area (Å²) in [6.45, 7) is 4.60. The Kier molecular flexibility index (Phi) is 8.45. The minimum absolute atomic E-state index is 0.339. The van der Waals surface area contributed by atoms with Gasteiger partial charge in [-0.2, -0.15) is 0 Å². The lowest BCUT2D eigenvalue weighted by atomic mass is 9.76. The normalized spacial score (nSPS) is 14.3. The Hall–Kier alpha value is -0.300. The van der Waals surface area contributed by atoms with Crippen molar-refractivity contribution in [2.45, 2.75) is 70.6 Å².